The van der Waals surface area contributed by atoms with E-state index in [2.05, 4.69) is 25.6 Å². The number of benzene rings is 4. The van der Waals surface area contributed by atoms with Crippen molar-refractivity contribution in [2.45, 2.75) is 43.2 Å². The summed E-state index contributed by atoms with van der Waals surface area (Å²) in [7, 11) is 1.55. The quantitative estimate of drug-likeness (QED) is 0.187. The average molecular weight is 683 g/mol. The zero-order valence-corrected chi connectivity index (χ0v) is 27.6. The SMILES string of the molecule is COc1ccc(C(=O)Nc2ncnc3c2ncn3CC(=O)N[C@@H]2[C@H](O)CC[C@H]2OC2(c3ccccc3)c3ccccc3Oc3ccccc32)cc1. The van der Waals surface area contributed by atoms with E-state index in [1.54, 1.807) is 35.9 Å². The molecule has 256 valence electrons. The van der Waals surface area contributed by atoms with Gasteiger partial charge in [-0.25, -0.2) is 15.0 Å². The first-order chi connectivity index (χ1) is 24.9. The van der Waals surface area contributed by atoms with Gasteiger partial charge in [-0.15, -0.1) is 0 Å². The number of methoxy groups -OCH3 is 1. The Kier molecular flexibility index (Phi) is 8.38. The Bertz CT molecular complexity index is 2180. The van der Waals surface area contributed by atoms with Crippen LogP contribution >= 0.6 is 0 Å². The van der Waals surface area contributed by atoms with Crippen molar-refractivity contribution < 1.29 is 28.9 Å². The minimum absolute atomic E-state index is 0.140. The first-order valence-electron chi connectivity index (χ1n) is 16.6. The predicted molar refractivity (Wildman–Crippen MR) is 188 cm³/mol. The van der Waals surface area contributed by atoms with Crippen molar-refractivity contribution in [1.82, 2.24) is 24.8 Å². The third-order valence-electron chi connectivity index (χ3n) is 9.45. The molecule has 3 N–H and O–H groups in total. The number of hydrogen-bond donors (Lipinski definition) is 3. The molecule has 0 unspecified atom stereocenters. The lowest BCUT2D eigenvalue weighted by atomic mass is 9.77. The fourth-order valence-corrected chi connectivity index (χ4v) is 7.02. The number of imidazole rings is 1. The van der Waals surface area contributed by atoms with Gasteiger partial charge in [-0.1, -0.05) is 66.7 Å². The summed E-state index contributed by atoms with van der Waals surface area (Å²) in [5.41, 5.74) is 2.60. The second kappa shape index (κ2) is 13.3. The molecule has 3 heterocycles. The molecule has 12 nitrogen and oxygen atoms in total. The van der Waals surface area contributed by atoms with Gasteiger partial charge >= 0.3 is 0 Å². The molecule has 1 fully saturated rings. The second-order valence-corrected chi connectivity index (χ2v) is 12.5. The maximum atomic E-state index is 13.7. The van der Waals surface area contributed by atoms with Gasteiger partial charge in [0.1, 0.15) is 30.1 Å². The summed E-state index contributed by atoms with van der Waals surface area (Å²) in [6, 6.07) is 31.5. The number of aliphatic hydroxyl groups excluding tert-OH is 1. The number of nitrogens with one attached hydrogen (secondary N) is 2. The first kappa shape index (κ1) is 32.1. The molecule has 0 radical (unpaired) electrons. The Morgan fingerprint density at radius 3 is 2.27 bits per heavy atom. The molecule has 0 bridgehead atoms. The number of anilines is 1. The summed E-state index contributed by atoms with van der Waals surface area (Å²) < 4.78 is 20.3. The number of ether oxygens (including phenoxy) is 3. The third kappa shape index (κ3) is 5.83. The molecule has 2 aromatic heterocycles. The van der Waals surface area contributed by atoms with E-state index in [-0.39, 0.29) is 24.2 Å². The summed E-state index contributed by atoms with van der Waals surface area (Å²) >= 11 is 0. The number of aromatic nitrogens is 4. The maximum Gasteiger partial charge on any atom is 0.256 e. The van der Waals surface area contributed by atoms with Gasteiger partial charge in [0.15, 0.2) is 22.6 Å². The van der Waals surface area contributed by atoms with E-state index in [4.69, 9.17) is 14.2 Å². The fraction of sp³-hybridized carbons (Fsp3) is 0.205. The van der Waals surface area contributed by atoms with Crippen LogP contribution in [-0.2, 0) is 21.7 Å². The van der Waals surface area contributed by atoms with Crippen molar-refractivity contribution in [3.8, 4) is 17.2 Å². The first-order valence-corrected chi connectivity index (χ1v) is 16.6. The molecule has 8 rings (SSSR count). The van der Waals surface area contributed by atoms with E-state index in [1.165, 1.54) is 12.7 Å². The van der Waals surface area contributed by atoms with Crippen LogP contribution in [0.5, 0.6) is 17.2 Å². The lowest BCUT2D eigenvalue weighted by molar-refractivity contribution is -0.126. The van der Waals surface area contributed by atoms with E-state index in [0.29, 0.717) is 46.8 Å². The van der Waals surface area contributed by atoms with E-state index in [9.17, 15) is 14.7 Å². The summed E-state index contributed by atoms with van der Waals surface area (Å²) in [6.07, 6.45) is 2.35. The molecule has 2 amide bonds. The highest BCUT2D eigenvalue weighted by Crippen LogP contribution is 2.53. The highest BCUT2D eigenvalue weighted by Gasteiger charge is 2.49. The van der Waals surface area contributed by atoms with Crippen LogP contribution in [0.25, 0.3) is 11.2 Å². The highest BCUT2D eigenvalue weighted by atomic mass is 16.5. The van der Waals surface area contributed by atoms with Crippen LogP contribution in [0.2, 0.25) is 0 Å². The van der Waals surface area contributed by atoms with Crippen LogP contribution in [0.4, 0.5) is 5.82 Å². The Balaban J connectivity index is 1.05. The minimum atomic E-state index is -1.07. The topological polar surface area (TPSA) is 150 Å². The van der Waals surface area contributed by atoms with Crippen molar-refractivity contribution in [2.24, 2.45) is 0 Å². The molecule has 0 saturated heterocycles. The highest BCUT2D eigenvalue weighted by molar-refractivity contribution is 6.06. The molecule has 1 aliphatic carbocycles. The zero-order chi connectivity index (χ0) is 35.0. The Morgan fingerprint density at radius 1 is 0.882 bits per heavy atom. The number of amides is 2. The Morgan fingerprint density at radius 2 is 1.57 bits per heavy atom. The number of fused-ring (bicyclic) bond motifs is 3. The molecule has 2 aliphatic rings. The summed E-state index contributed by atoms with van der Waals surface area (Å²) in [5.74, 6) is 1.45. The predicted octanol–water partition coefficient (Wildman–Crippen LogP) is 5.21. The number of hydrogen-bond acceptors (Lipinski definition) is 9. The Labute approximate surface area is 293 Å². The number of para-hydroxylation sites is 2. The summed E-state index contributed by atoms with van der Waals surface area (Å²) in [5, 5.41) is 17.0. The molecule has 3 atom stereocenters. The van der Waals surface area contributed by atoms with Gasteiger partial charge in [0.2, 0.25) is 5.91 Å². The van der Waals surface area contributed by atoms with Crippen molar-refractivity contribution >= 4 is 28.8 Å². The maximum absolute atomic E-state index is 13.7. The Hall–Kier alpha value is -6.11. The largest absolute Gasteiger partial charge is 0.497 e. The van der Waals surface area contributed by atoms with Crippen LogP contribution in [0.3, 0.4) is 0 Å². The number of carbonyl (C=O) groups excluding carboxylic acids is 2. The van der Waals surface area contributed by atoms with Crippen LogP contribution in [0, 0.1) is 0 Å². The molecule has 51 heavy (non-hydrogen) atoms. The second-order valence-electron chi connectivity index (χ2n) is 12.5. The van der Waals surface area contributed by atoms with Crippen LogP contribution < -0.4 is 20.1 Å². The number of carbonyl (C=O) groups is 2. The summed E-state index contributed by atoms with van der Waals surface area (Å²) in [6.45, 7) is -0.140. The van der Waals surface area contributed by atoms with Gasteiger partial charge in [-0.2, -0.15) is 0 Å². The minimum Gasteiger partial charge on any atom is -0.497 e. The molecular weight excluding hydrogens is 648 g/mol. The number of nitrogens with zero attached hydrogens (tertiary/aromatic N) is 4. The standard InChI is InChI=1S/C39H34N6O6/c1-49-26-17-15-24(16-18-26)38(48)44-36-35-37(41-22-40-36)45(23-42-35)21-33(47)43-34-29(46)19-20-32(34)51-39(25-9-3-2-4-10-25)27-11-5-7-13-30(27)50-31-14-8-6-12-28(31)39/h2-18,22-23,29,32,34,46H,19-21H2,1H3,(H,43,47)(H,40,41,44,48)/t29-,32-,34-/m1/s1. The normalized spacial score (nSPS) is 18.7. The van der Waals surface area contributed by atoms with Gasteiger partial charge in [0.05, 0.1) is 31.7 Å². The smallest absolute Gasteiger partial charge is 0.256 e. The number of rotatable bonds is 9. The number of aliphatic hydroxyl groups is 1. The van der Waals surface area contributed by atoms with Crippen molar-refractivity contribution in [1.29, 1.82) is 0 Å². The third-order valence-corrected chi connectivity index (χ3v) is 9.45. The lowest BCUT2D eigenvalue weighted by Crippen LogP contribution is -2.51. The van der Waals surface area contributed by atoms with E-state index >= 15 is 0 Å². The fourth-order valence-electron chi connectivity index (χ4n) is 7.02. The molecule has 6 aromatic rings. The van der Waals surface area contributed by atoms with E-state index in [1.807, 2.05) is 78.9 Å². The van der Waals surface area contributed by atoms with E-state index < -0.39 is 23.9 Å². The average Bonchev–Trinajstić information content (AvgIpc) is 3.74. The van der Waals surface area contributed by atoms with Crippen LogP contribution in [-0.4, -0.2) is 61.8 Å². The molecule has 0 spiro atoms. The van der Waals surface area contributed by atoms with E-state index in [0.717, 1.165) is 16.7 Å². The monoisotopic (exact) mass is 682 g/mol. The molecule has 4 aromatic carbocycles. The molecular formula is C39H34N6O6. The van der Waals surface area contributed by atoms with Crippen LogP contribution in [0.1, 0.15) is 39.9 Å². The van der Waals surface area contributed by atoms with Gasteiger partial charge in [-0.05, 0) is 54.8 Å². The molecule has 12 heteroatoms. The molecule has 1 aliphatic heterocycles. The lowest BCUT2D eigenvalue weighted by Gasteiger charge is -2.43. The van der Waals surface area contributed by atoms with Gasteiger partial charge < -0.3 is 34.5 Å². The van der Waals surface area contributed by atoms with Crippen molar-refractivity contribution in [3.63, 3.8) is 0 Å². The zero-order valence-electron chi connectivity index (χ0n) is 27.6. The summed E-state index contributed by atoms with van der Waals surface area (Å²) in [4.78, 5) is 39.6. The van der Waals surface area contributed by atoms with Crippen LogP contribution in [0.15, 0.2) is 116 Å². The van der Waals surface area contributed by atoms with Gasteiger partial charge in [0.25, 0.3) is 5.91 Å². The van der Waals surface area contributed by atoms with Crippen molar-refractivity contribution in [2.75, 3.05) is 12.4 Å². The van der Waals surface area contributed by atoms with Gasteiger partial charge in [-0.3, -0.25) is 9.59 Å². The molecule has 1 saturated carbocycles. The van der Waals surface area contributed by atoms with Crippen molar-refractivity contribution in [3.05, 3.63) is 138 Å². The van der Waals surface area contributed by atoms with Gasteiger partial charge in [0, 0.05) is 16.7 Å².